The molecule has 1 heterocycles. The number of ketones is 1. The van der Waals surface area contributed by atoms with Crippen molar-refractivity contribution in [3.63, 3.8) is 0 Å². The highest BCUT2D eigenvalue weighted by Gasteiger charge is 2.26. The number of carbonyl (C=O) groups is 2. The first-order valence-corrected chi connectivity index (χ1v) is 7.98. The van der Waals surface area contributed by atoms with Crippen LogP contribution in [-0.4, -0.2) is 54.0 Å². The predicted molar refractivity (Wildman–Crippen MR) is 83.1 cm³/mol. The molecule has 5 heteroatoms. The van der Waals surface area contributed by atoms with Crippen molar-refractivity contribution in [2.75, 3.05) is 26.2 Å². The van der Waals surface area contributed by atoms with Crippen LogP contribution in [0.5, 0.6) is 0 Å². The van der Waals surface area contributed by atoms with Gasteiger partial charge in [0.25, 0.3) is 5.91 Å². The zero-order valence-corrected chi connectivity index (χ0v) is 12.7. The Balaban J connectivity index is 1.63. The summed E-state index contributed by atoms with van der Waals surface area (Å²) in [6.07, 6.45) is 2.99. The minimum atomic E-state index is -0.0628. The fourth-order valence-electron chi connectivity index (χ4n) is 3.41. The van der Waals surface area contributed by atoms with Crippen LogP contribution in [0.3, 0.4) is 0 Å². The van der Waals surface area contributed by atoms with Crippen molar-refractivity contribution in [3.8, 4) is 0 Å². The quantitative estimate of drug-likeness (QED) is 0.870. The van der Waals surface area contributed by atoms with E-state index in [0.717, 1.165) is 31.5 Å². The van der Waals surface area contributed by atoms with Gasteiger partial charge >= 0.3 is 0 Å². The van der Waals surface area contributed by atoms with Gasteiger partial charge in [-0.05, 0) is 30.9 Å². The third kappa shape index (κ3) is 3.05. The van der Waals surface area contributed by atoms with Crippen LogP contribution >= 0.6 is 0 Å². The first kappa shape index (κ1) is 15.2. The number of likely N-dealkylation sites (tertiary alicyclic amines) is 1. The summed E-state index contributed by atoms with van der Waals surface area (Å²) in [4.78, 5) is 26.5. The van der Waals surface area contributed by atoms with Gasteiger partial charge < -0.3 is 15.3 Å². The monoisotopic (exact) mass is 302 g/mol. The van der Waals surface area contributed by atoms with Gasteiger partial charge in [0.2, 0.25) is 0 Å². The molecule has 2 aliphatic rings. The van der Waals surface area contributed by atoms with Gasteiger partial charge in [0, 0.05) is 43.2 Å². The summed E-state index contributed by atoms with van der Waals surface area (Å²) in [5.74, 6) is 0.0779. The average molecular weight is 302 g/mol. The number of aliphatic hydroxyl groups excluding tert-OH is 1. The van der Waals surface area contributed by atoms with Crippen LogP contribution < -0.4 is 5.32 Å². The van der Waals surface area contributed by atoms with E-state index < -0.39 is 0 Å². The maximum Gasteiger partial charge on any atom is 0.251 e. The van der Waals surface area contributed by atoms with Crippen molar-refractivity contribution in [2.24, 2.45) is 0 Å². The largest absolute Gasteiger partial charge is 0.395 e. The van der Waals surface area contributed by atoms with Crippen molar-refractivity contribution in [2.45, 2.75) is 31.7 Å². The molecule has 0 unspecified atom stereocenters. The van der Waals surface area contributed by atoms with Crippen LogP contribution in [0.2, 0.25) is 0 Å². The number of piperidine rings is 1. The summed E-state index contributed by atoms with van der Waals surface area (Å²) in [7, 11) is 0. The van der Waals surface area contributed by atoms with Gasteiger partial charge in [-0.15, -0.1) is 0 Å². The Morgan fingerprint density at radius 1 is 1.27 bits per heavy atom. The number of carbonyl (C=O) groups excluding carboxylic acids is 2. The van der Waals surface area contributed by atoms with Crippen LogP contribution in [0.25, 0.3) is 0 Å². The lowest BCUT2D eigenvalue weighted by atomic mass is 10.0. The zero-order chi connectivity index (χ0) is 15.5. The first-order chi connectivity index (χ1) is 10.7. The molecule has 1 saturated heterocycles. The molecule has 1 amide bonds. The summed E-state index contributed by atoms with van der Waals surface area (Å²) in [6, 6.07) is 5.60. The number of rotatable bonds is 4. The van der Waals surface area contributed by atoms with E-state index in [4.69, 9.17) is 5.11 Å². The number of benzene rings is 1. The topological polar surface area (TPSA) is 69.6 Å². The molecule has 1 aliphatic carbocycles. The number of aliphatic hydroxyl groups is 1. The maximum absolute atomic E-state index is 12.5. The van der Waals surface area contributed by atoms with Gasteiger partial charge in [-0.1, -0.05) is 12.1 Å². The Morgan fingerprint density at radius 2 is 2.05 bits per heavy atom. The summed E-state index contributed by atoms with van der Waals surface area (Å²) in [6.45, 7) is 2.68. The number of nitrogens with zero attached hydrogens (tertiary/aromatic N) is 1. The van der Waals surface area contributed by atoms with Gasteiger partial charge in [0.1, 0.15) is 0 Å². The van der Waals surface area contributed by atoms with Gasteiger partial charge in [-0.25, -0.2) is 0 Å². The average Bonchev–Trinajstić information content (AvgIpc) is 2.91. The number of hydrogen-bond donors (Lipinski definition) is 2. The molecule has 1 aromatic rings. The molecule has 22 heavy (non-hydrogen) atoms. The number of nitrogens with one attached hydrogen (secondary N) is 1. The van der Waals surface area contributed by atoms with E-state index >= 15 is 0 Å². The third-order valence-corrected chi connectivity index (χ3v) is 4.66. The fraction of sp³-hybridized carbons (Fsp3) is 0.529. The summed E-state index contributed by atoms with van der Waals surface area (Å²) < 4.78 is 0. The van der Waals surface area contributed by atoms with Crippen LogP contribution in [0.4, 0.5) is 0 Å². The highest BCUT2D eigenvalue weighted by Crippen LogP contribution is 2.25. The molecule has 0 radical (unpaired) electrons. The lowest BCUT2D eigenvalue weighted by Crippen LogP contribution is -2.45. The smallest absolute Gasteiger partial charge is 0.251 e. The number of hydrogen-bond acceptors (Lipinski definition) is 4. The van der Waals surface area contributed by atoms with Gasteiger partial charge in [0.15, 0.2) is 5.78 Å². The number of amides is 1. The molecule has 0 bridgehead atoms. The molecular formula is C17H22N2O3. The molecule has 3 rings (SSSR count). The van der Waals surface area contributed by atoms with Crippen LogP contribution in [0.15, 0.2) is 18.2 Å². The van der Waals surface area contributed by atoms with E-state index in [1.807, 2.05) is 12.1 Å². The third-order valence-electron chi connectivity index (χ3n) is 4.66. The summed E-state index contributed by atoms with van der Waals surface area (Å²) >= 11 is 0. The molecule has 1 aliphatic heterocycles. The maximum atomic E-state index is 12.5. The minimum Gasteiger partial charge on any atom is -0.395 e. The van der Waals surface area contributed by atoms with Gasteiger partial charge in [-0.2, -0.15) is 0 Å². The second-order valence-corrected chi connectivity index (χ2v) is 6.07. The van der Waals surface area contributed by atoms with Gasteiger partial charge in [-0.3, -0.25) is 9.59 Å². The molecule has 5 nitrogen and oxygen atoms in total. The van der Waals surface area contributed by atoms with Crippen LogP contribution in [0.1, 0.15) is 45.5 Å². The number of Topliss-reactive ketones (excluding diaryl/α,β-unsaturated/α-hetero) is 1. The van der Waals surface area contributed by atoms with Crippen molar-refractivity contribution in [1.29, 1.82) is 0 Å². The lowest BCUT2D eigenvalue weighted by Gasteiger charge is -2.31. The molecule has 0 atom stereocenters. The second-order valence-electron chi connectivity index (χ2n) is 6.07. The Hall–Kier alpha value is -1.72. The number of fused-ring (bicyclic) bond motifs is 1. The predicted octanol–water partition coefficient (Wildman–Crippen LogP) is 1.00. The molecular weight excluding hydrogens is 280 g/mol. The SMILES string of the molecule is O=C1CCc2c1cccc2C(=O)NC1CCN(CCO)CC1. The lowest BCUT2D eigenvalue weighted by molar-refractivity contribution is 0.0902. The first-order valence-electron chi connectivity index (χ1n) is 7.98. The van der Waals surface area contributed by atoms with Crippen LogP contribution in [0, 0.1) is 0 Å². The summed E-state index contributed by atoms with van der Waals surface area (Å²) in [5, 5.41) is 12.1. The highest BCUT2D eigenvalue weighted by atomic mass is 16.3. The Kier molecular flexibility index (Phi) is 4.55. The van der Waals surface area contributed by atoms with Crippen molar-refractivity contribution < 1.29 is 14.7 Å². The highest BCUT2D eigenvalue weighted by molar-refractivity contribution is 6.05. The van der Waals surface area contributed by atoms with Crippen molar-refractivity contribution >= 4 is 11.7 Å². The molecule has 1 fully saturated rings. The van der Waals surface area contributed by atoms with E-state index in [1.165, 1.54) is 0 Å². The zero-order valence-electron chi connectivity index (χ0n) is 12.7. The number of β-amino-alcohol motifs (C(OH)–C–C–N with tert-alkyl or cyclic N) is 1. The van der Waals surface area contributed by atoms with Crippen LogP contribution in [-0.2, 0) is 6.42 Å². The molecule has 118 valence electrons. The summed E-state index contributed by atoms with van der Waals surface area (Å²) in [5.41, 5.74) is 2.27. The molecule has 0 spiro atoms. The fourth-order valence-corrected chi connectivity index (χ4v) is 3.41. The Morgan fingerprint density at radius 3 is 2.77 bits per heavy atom. The molecule has 0 aromatic heterocycles. The van der Waals surface area contributed by atoms with E-state index in [9.17, 15) is 9.59 Å². The van der Waals surface area contributed by atoms with Gasteiger partial charge in [0.05, 0.1) is 6.61 Å². The van der Waals surface area contributed by atoms with Crippen molar-refractivity contribution in [3.05, 3.63) is 34.9 Å². The molecule has 0 saturated carbocycles. The minimum absolute atomic E-state index is 0.0628. The van der Waals surface area contributed by atoms with E-state index in [1.54, 1.807) is 6.07 Å². The molecule has 1 aromatic carbocycles. The van der Waals surface area contributed by atoms with E-state index in [2.05, 4.69) is 10.2 Å². The Bertz CT molecular complexity index is 577. The van der Waals surface area contributed by atoms with E-state index in [-0.39, 0.29) is 24.3 Å². The second kappa shape index (κ2) is 6.58. The molecule has 2 N–H and O–H groups in total. The Labute approximate surface area is 130 Å². The van der Waals surface area contributed by atoms with E-state index in [0.29, 0.717) is 30.5 Å². The standard InChI is InChI=1S/C17H22N2O3/c20-11-10-19-8-6-12(7-9-19)18-17(22)15-3-1-2-14-13(15)4-5-16(14)21/h1-3,12,20H,4-11H2,(H,18,22). The normalized spacial score (nSPS) is 19.2. The van der Waals surface area contributed by atoms with Crippen molar-refractivity contribution in [1.82, 2.24) is 10.2 Å².